The molecule has 0 radical (unpaired) electrons. The molecular weight excluding hydrogens is 300 g/mol. The van der Waals surface area contributed by atoms with Gasteiger partial charge in [-0.3, -0.25) is 4.79 Å². The summed E-state index contributed by atoms with van der Waals surface area (Å²) in [6, 6.07) is 4.01. The van der Waals surface area contributed by atoms with Crippen LogP contribution < -0.4 is 5.73 Å². The second-order valence-corrected chi connectivity index (χ2v) is 5.23. The Labute approximate surface area is 128 Å². The third-order valence-corrected chi connectivity index (χ3v) is 3.50. The van der Waals surface area contributed by atoms with E-state index in [2.05, 4.69) is 4.74 Å². The molecule has 0 saturated heterocycles. The highest BCUT2D eigenvalue weighted by atomic mass is 35.5. The van der Waals surface area contributed by atoms with Gasteiger partial charge in [0, 0.05) is 17.9 Å². The molecule has 0 aliphatic carbocycles. The van der Waals surface area contributed by atoms with Crippen LogP contribution in [0.15, 0.2) is 18.2 Å². The van der Waals surface area contributed by atoms with Crippen LogP contribution in [0.4, 0.5) is 8.78 Å². The number of carbonyl (C=O) groups is 1. The Bertz CT molecular complexity index is 471. The number of carbonyl (C=O) groups excluding carboxylic acids is 1. The lowest BCUT2D eigenvalue weighted by atomic mass is 9.94. The molecule has 1 aromatic rings. The summed E-state index contributed by atoms with van der Waals surface area (Å²) in [5.41, 5.74) is 6.20. The molecule has 21 heavy (non-hydrogen) atoms. The quantitative estimate of drug-likeness (QED) is 0.738. The fourth-order valence-corrected chi connectivity index (χ4v) is 2.28. The standard InChI is InChI=1S/C15H20ClF2NO2/c1-2-3-14(18)21-15(20)7-4-10(9-19)12-8-11(17)5-6-13(12)16/h5-6,8,10,14H,2-4,7,9,19H2,1H3. The van der Waals surface area contributed by atoms with E-state index in [1.807, 2.05) is 0 Å². The lowest BCUT2D eigenvalue weighted by molar-refractivity contribution is -0.158. The first kappa shape index (κ1) is 17.9. The zero-order valence-electron chi connectivity index (χ0n) is 12.0. The predicted molar refractivity (Wildman–Crippen MR) is 78.3 cm³/mol. The maximum Gasteiger partial charge on any atom is 0.308 e. The van der Waals surface area contributed by atoms with Gasteiger partial charge in [0.15, 0.2) is 0 Å². The highest BCUT2D eigenvalue weighted by Gasteiger charge is 2.18. The van der Waals surface area contributed by atoms with Crippen molar-refractivity contribution in [2.45, 2.75) is 44.9 Å². The van der Waals surface area contributed by atoms with E-state index in [-0.39, 0.29) is 25.3 Å². The van der Waals surface area contributed by atoms with Gasteiger partial charge in [0.25, 0.3) is 0 Å². The molecule has 6 heteroatoms. The van der Waals surface area contributed by atoms with E-state index in [9.17, 15) is 13.6 Å². The first-order chi connectivity index (χ1) is 9.97. The molecule has 118 valence electrons. The third kappa shape index (κ3) is 5.98. The van der Waals surface area contributed by atoms with E-state index in [0.717, 1.165) is 0 Å². The minimum absolute atomic E-state index is 0.0127. The van der Waals surface area contributed by atoms with Crippen molar-refractivity contribution in [3.8, 4) is 0 Å². The molecule has 0 amide bonds. The van der Waals surface area contributed by atoms with Crippen molar-refractivity contribution in [1.82, 2.24) is 0 Å². The number of nitrogens with two attached hydrogens (primary N) is 1. The number of hydrogen-bond acceptors (Lipinski definition) is 3. The SMILES string of the molecule is CCCC(F)OC(=O)CCC(CN)c1cc(F)ccc1Cl. The molecule has 1 rings (SSSR count). The van der Waals surface area contributed by atoms with Crippen LogP contribution in [0.25, 0.3) is 0 Å². The van der Waals surface area contributed by atoms with Gasteiger partial charge in [-0.25, -0.2) is 8.78 Å². The highest BCUT2D eigenvalue weighted by molar-refractivity contribution is 6.31. The van der Waals surface area contributed by atoms with E-state index in [0.29, 0.717) is 23.4 Å². The van der Waals surface area contributed by atoms with Crippen LogP contribution in [0.3, 0.4) is 0 Å². The molecular formula is C15H20ClF2NO2. The summed E-state index contributed by atoms with van der Waals surface area (Å²) < 4.78 is 31.0. The molecule has 0 aromatic heterocycles. The molecule has 0 fully saturated rings. The van der Waals surface area contributed by atoms with Gasteiger partial charge in [-0.2, -0.15) is 0 Å². The zero-order valence-corrected chi connectivity index (χ0v) is 12.7. The summed E-state index contributed by atoms with van der Waals surface area (Å²) in [5.74, 6) is -1.31. The van der Waals surface area contributed by atoms with Gasteiger partial charge in [0.1, 0.15) is 5.82 Å². The molecule has 2 atom stereocenters. The summed E-state index contributed by atoms with van der Waals surface area (Å²) in [6.45, 7) is 2.02. The van der Waals surface area contributed by atoms with E-state index >= 15 is 0 Å². The van der Waals surface area contributed by atoms with Crippen molar-refractivity contribution in [3.05, 3.63) is 34.6 Å². The number of halogens is 3. The Morgan fingerprint density at radius 3 is 2.76 bits per heavy atom. The predicted octanol–water partition coefficient (Wildman–Crippen LogP) is 3.94. The number of rotatable bonds is 8. The van der Waals surface area contributed by atoms with E-state index in [4.69, 9.17) is 17.3 Å². The van der Waals surface area contributed by atoms with Crippen LogP contribution in [0.2, 0.25) is 5.02 Å². The van der Waals surface area contributed by atoms with Gasteiger partial charge in [0.2, 0.25) is 6.36 Å². The van der Waals surface area contributed by atoms with Crippen molar-refractivity contribution in [2.75, 3.05) is 6.54 Å². The van der Waals surface area contributed by atoms with Crippen LogP contribution in [-0.2, 0) is 9.53 Å². The van der Waals surface area contributed by atoms with Gasteiger partial charge in [-0.1, -0.05) is 18.5 Å². The van der Waals surface area contributed by atoms with Crippen molar-refractivity contribution >= 4 is 17.6 Å². The van der Waals surface area contributed by atoms with Gasteiger partial charge >= 0.3 is 5.97 Å². The molecule has 0 saturated carbocycles. The Balaban J connectivity index is 2.58. The first-order valence-corrected chi connectivity index (χ1v) is 7.34. The maximum atomic E-state index is 13.3. The number of hydrogen-bond donors (Lipinski definition) is 1. The van der Waals surface area contributed by atoms with Crippen molar-refractivity contribution in [2.24, 2.45) is 5.73 Å². The van der Waals surface area contributed by atoms with E-state index in [1.54, 1.807) is 6.92 Å². The van der Waals surface area contributed by atoms with Crippen molar-refractivity contribution in [3.63, 3.8) is 0 Å². The van der Waals surface area contributed by atoms with E-state index < -0.39 is 18.1 Å². The van der Waals surface area contributed by atoms with Gasteiger partial charge in [0.05, 0.1) is 0 Å². The Kier molecular flexibility index (Phi) is 7.61. The number of ether oxygens (including phenoxy) is 1. The summed E-state index contributed by atoms with van der Waals surface area (Å²) >= 11 is 6.01. The fourth-order valence-electron chi connectivity index (χ4n) is 2.01. The van der Waals surface area contributed by atoms with Crippen LogP contribution in [0, 0.1) is 5.82 Å². The highest BCUT2D eigenvalue weighted by Crippen LogP contribution is 2.28. The van der Waals surface area contributed by atoms with Crippen molar-refractivity contribution < 1.29 is 18.3 Å². The van der Waals surface area contributed by atoms with Gasteiger partial charge < -0.3 is 10.5 Å². The minimum Gasteiger partial charge on any atom is -0.431 e. The second kappa shape index (κ2) is 8.95. The van der Waals surface area contributed by atoms with Gasteiger partial charge in [-0.15, -0.1) is 0 Å². The van der Waals surface area contributed by atoms with Crippen LogP contribution in [-0.4, -0.2) is 18.9 Å². The van der Waals surface area contributed by atoms with Crippen molar-refractivity contribution in [1.29, 1.82) is 0 Å². The molecule has 0 aliphatic heterocycles. The molecule has 0 bridgehead atoms. The Morgan fingerprint density at radius 1 is 1.43 bits per heavy atom. The summed E-state index contributed by atoms with van der Waals surface area (Å²) in [7, 11) is 0. The topological polar surface area (TPSA) is 52.3 Å². The fraction of sp³-hybridized carbons (Fsp3) is 0.533. The Hall–Kier alpha value is -1.20. The van der Waals surface area contributed by atoms with Crippen LogP contribution in [0.5, 0.6) is 0 Å². The summed E-state index contributed by atoms with van der Waals surface area (Å²) in [5, 5.41) is 0.398. The number of alkyl halides is 1. The average molecular weight is 320 g/mol. The molecule has 2 unspecified atom stereocenters. The van der Waals surface area contributed by atoms with Crippen LogP contribution in [0.1, 0.15) is 44.1 Å². The molecule has 2 N–H and O–H groups in total. The number of benzene rings is 1. The zero-order chi connectivity index (χ0) is 15.8. The Morgan fingerprint density at radius 2 is 2.14 bits per heavy atom. The monoisotopic (exact) mass is 319 g/mol. The summed E-state index contributed by atoms with van der Waals surface area (Å²) in [4.78, 5) is 11.5. The minimum atomic E-state index is -1.57. The second-order valence-electron chi connectivity index (χ2n) is 4.83. The maximum absolute atomic E-state index is 13.3. The smallest absolute Gasteiger partial charge is 0.308 e. The third-order valence-electron chi connectivity index (χ3n) is 3.15. The van der Waals surface area contributed by atoms with Crippen LogP contribution >= 0.6 is 11.6 Å². The lowest BCUT2D eigenvalue weighted by Crippen LogP contribution is -2.17. The van der Waals surface area contributed by atoms with Gasteiger partial charge in [-0.05, 0) is 49.1 Å². The summed E-state index contributed by atoms with van der Waals surface area (Å²) in [6.07, 6.45) is -0.451. The first-order valence-electron chi connectivity index (χ1n) is 6.96. The lowest BCUT2D eigenvalue weighted by Gasteiger charge is -2.17. The average Bonchev–Trinajstić information content (AvgIpc) is 2.43. The number of esters is 1. The molecule has 1 aromatic carbocycles. The molecule has 0 heterocycles. The molecule has 0 spiro atoms. The molecule has 0 aliphatic rings. The largest absolute Gasteiger partial charge is 0.431 e. The molecule has 3 nitrogen and oxygen atoms in total. The normalized spacial score (nSPS) is 13.8. The van der Waals surface area contributed by atoms with E-state index in [1.165, 1.54) is 18.2 Å².